The van der Waals surface area contributed by atoms with Gasteiger partial charge in [-0.1, -0.05) is 22.0 Å². The minimum atomic E-state index is 0.337. The van der Waals surface area contributed by atoms with Crippen LogP contribution in [0.1, 0.15) is 11.1 Å². The normalized spacial score (nSPS) is 9.50. The summed E-state index contributed by atoms with van der Waals surface area (Å²) in [6.45, 7) is 2.79. The van der Waals surface area contributed by atoms with Crippen LogP contribution in [-0.4, -0.2) is 6.47 Å². The van der Waals surface area contributed by atoms with Crippen LogP contribution in [0, 0.1) is 6.92 Å². The van der Waals surface area contributed by atoms with Gasteiger partial charge in [-0.2, -0.15) is 0 Å². The molecule has 3 heteroatoms. The molecule has 0 radical (unpaired) electrons. The molecule has 0 aromatic heterocycles. The van der Waals surface area contributed by atoms with Gasteiger partial charge in [0.2, 0.25) is 0 Å². The van der Waals surface area contributed by atoms with Crippen LogP contribution in [-0.2, 0) is 16.1 Å². The first-order chi connectivity index (χ1) is 5.72. The molecule has 0 aliphatic carbocycles. The Balaban J connectivity index is 2.78. The third-order valence-corrected chi connectivity index (χ3v) is 1.88. The molecular weight excluding hydrogens is 220 g/mol. The Labute approximate surface area is 79.7 Å². The molecule has 12 heavy (non-hydrogen) atoms. The summed E-state index contributed by atoms with van der Waals surface area (Å²) in [6.07, 6.45) is 0. The SMILES string of the molecule is Cc1cc(Br)cc(COC=O)c1. The van der Waals surface area contributed by atoms with Gasteiger partial charge in [-0.05, 0) is 30.2 Å². The van der Waals surface area contributed by atoms with Crippen molar-refractivity contribution in [3.8, 4) is 0 Å². The third-order valence-electron chi connectivity index (χ3n) is 1.42. The molecule has 0 atom stereocenters. The number of aryl methyl sites for hydroxylation is 1. The zero-order chi connectivity index (χ0) is 8.97. The van der Waals surface area contributed by atoms with Gasteiger partial charge in [-0.15, -0.1) is 0 Å². The van der Waals surface area contributed by atoms with Gasteiger partial charge in [0.25, 0.3) is 6.47 Å². The van der Waals surface area contributed by atoms with E-state index in [0.717, 1.165) is 15.6 Å². The summed E-state index contributed by atoms with van der Waals surface area (Å²) >= 11 is 3.36. The van der Waals surface area contributed by atoms with Gasteiger partial charge in [0, 0.05) is 4.47 Å². The predicted molar refractivity (Wildman–Crippen MR) is 49.7 cm³/mol. The zero-order valence-corrected chi connectivity index (χ0v) is 8.30. The van der Waals surface area contributed by atoms with Crippen molar-refractivity contribution >= 4 is 22.4 Å². The fraction of sp³-hybridized carbons (Fsp3) is 0.222. The average molecular weight is 229 g/mol. The van der Waals surface area contributed by atoms with Crippen LogP contribution in [0.5, 0.6) is 0 Å². The molecule has 0 bridgehead atoms. The van der Waals surface area contributed by atoms with Crippen molar-refractivity contribution in [3.63, 3.8) is 0 Å². The molecule has 2 nitrogen and oxygen atoms in total. The van der Waals surface area contributed by atoms with Gasteiger partial charge in [0.1, 0.15) is 6.61 Å². The number of halogens is 1. The van der Waals surface area contributed by atoms with Crippen molar-refractivity contribution in [2.75, 3.05) is 0 Å². The van der Waals surface area contributed by atoms with Gasteiger partial charge < -0.3 is 4.74 Å². The van der Waals surface area contributed by atoms with Crippen LogP contribution >= 0.6 is 15.9 Å². The monoisotopic (exact) mass is 228 g/mol. The minimum Gasteiger partial charge on any atom is -0.463 e. The van der Waals surface area contributed by atoms with Crippen molar-refractivity contribution in [1.29, 1.82) is 0 Å². The van der Waals surface area contributed by atoms with Crippen molar-refractivity contribution in [2.45, 2.75) is 13.5 Å². The van der Waals surface area contributed by atoms with Crippen LogP contribution in [0.4, 0.5) is 0 Å². The Hall–Kier alpha value is -0.830. The molecule has 0 spiro atoms. The number of hydrogen-bond donors (Lipinski definition) is 0. The highest BCUT2D eigenvalue weighted by Gasteiger charge is 1.96. The molecule has 0 aliphatic rings. The number of hydrogen-bond acceptors (Lipinski definition) is 2. The summed E-state index contributed by atoms with van der Waals surface area (Å²) in [5.41, 5.74) is 2.14. The van der Waals surface area contributed by atoms with E-state index in [0.29, 0.717) is 13.1 Å². The molecule has 0 amide bonds. The molecule has 0 N–H and O–H groups in total. The lowest BCUT2D eigenvalue weighted by atomic mass is 10.1. The molecule has 1 rings (SSSR count). The molecule has 0 saturated carbocycles. The van der Waals surface area contributed by atoms with Gasteiger partial charge in [-0.25, -0.2) is 0 Å². The lowest BCUT2D eigenvalue weighted by Gasteiger charge is -2.01. The van der Waals surface area contributed by atoms with E-state index in [1.54, 1.807) is 0 Å². The summed E-state index contributed by atoms with van der Waals surface area (Å²) in [5, 5.41) is 0. The van der Waals surface area contributed by atoms with E-state index in [9.17, 15) is 4.79 Å². The van der Waals surface area contributed by atoms with Gasteiger partial charge in [0.15, 0.2) is 0 Å². The Bertz CT molecular complexity index is 264. The highest BCUT2D eigenvalue weighted by atomic mass is 79.9. The van der Waals surface area contributed by atoms with E-state index in [2.05, 4.69) is 20.7 Å². The molecule has 0 heterocycles. The van der Waals surface area contributed by atoms with E-state index in [1.165, 1.54) is 0 Å². The maximum atomic E-state index is 9.91. The molecule has 0 aliphatic heterocycles. The van der Waals surface area contributed by atoms with Crippen LogP contribution in [0.2, 0.25) is 0 Å². The number of carbonyl (C=O) groups excluding carboxylic acids is 1. The average Bonchev–Trinajstić information content (AvgIpc) is 1.99. The van der Waals surface area contributed by atoms with Crippen LogP contribution < -0.4 is 0 Å². The predicted octanol–water partition coefficient (Wildman–Crippen LogP) is 2.43. The molecule has 64 valence electrons. The Morgan fingerprint density at radius 3 is 2.83 bits per heavy atom. The Morgan fingerprint density at radius 1 is 1.50 bits per heavy atom. The number of ether oxygens (including phenoxy) is 1. The van der Waals surface area contributed by atoms with Crippen LogP contribution in [0.25, 0.3) is 0 Å². The van der Waals surface area contributed by atoms with Crippen LogP contribution in [0.3, 0.4) is 0 Å². The third kappa shape index (κ3) is 2.66. The smallest absolute Gasteiger partial charge is 0.293 e. The molecule has 0 unspecified atom stereocenters. The standard InChI is InChI=1S/C9H9BrO2/c1-7-2-8(5-12-6-11)4-9(10)3-7/h2-4,6H,5H2,1H3. The second-order valence-corrected chi connectivity index (χ2v) is 3.46. The second kappa shape index (κ2) is 4.26. The minimum absolute atomic E-state index is 0.337. The molecule has 1 aromatic rings. The quantitative estimate of drug-likeness (QED) is 0.744. The van der Waals surface area contributed by atoms with Crippen molar-refractivity contribution in [1.82, 2.24) is 0 Å². The highest BCUT2D eigenvalue weighted by Crippen LogP contribution is 2.15. The molecule has 0 saturated heterocycles. The summed E-state index contributed by atoms with van der Waals surface area (Å²) in [7, 11) is 0. The Kier molecular flexibility index (Phi) is 3.29. The van der Waals surface area contributed by atoms with Crippen LogP contribution in [0.15, 0.2) is 22.7 Å². The zero-order valence-electron chi connectivity index (χ0n) is 6.71. The first-order valence-electron chi connectivity index (χ1n) is 3.53. The van der Waals surface area contributed by atoms with E-state index >= 15 is 0 Å². The topological polar surface area (TPSA) is 26.3 Å². The van der Waals surface area contributed by atoms with E-state index in [-0.39, 0.29) is 0 Å². The van der Waals surface area contributed by atoms with Gasteiger partial charge >= 0.3 is 0 Å². The number of carbonyl (C=O) groups is 1. The van der Waals surface area contributed by atoms with Gasteiger partial charge in [0.05, 0.1) is 0 Å². The summed E-state index contributed by atoms with van der Waals surface area (Å²) < 4.78 is 5.63. The largest absolute Gasteiger partial charge is 0.463 e. The van der Waals surface area contributed by atoms with E-state index in [1.807, 2.05) is 25.1 Å². The fourth-order valence-electron chi connectivity index (χ4n) is 1.03. The first-order valence-corrected chi connectivity index (χ1v) is 4.33. The first kappa shape index (κ1) is 9.26. The van der Waals surface area contributed by atoms with E-state index in [4.69, 9.17) is 0 Å². The molecule has 0 fully saturated rings. The second-order valence-electron chi connectivity index (χ2n) is 2.54. The van der Waals surface area contributed by atoms with Crippen molar-refractivity contribution in [2.24, 2.45) is 0 Å². The van der Waals surface area contributed by atoms with Crippen molar-refractivity contribution in [3.05, 3.63) is 33.8 Å². The van der Waals surface area contributed by atoms with E-state index < -0.39 is 0 Å². The van der Waals surface area contributed by atoms with Crippen molar-refractivity contribution < 1.29 is 9.53 Å². The lowest BCUT2D eigenvalue weighted by molar-refractivity contribution is -0.129. The maximum Gasteiger partial charge on any atom is 0.293 e. The van der Waals surface area contributed by atoms with Gasteiger partial charge in [-0.3, -0.25) is 4.79 Å². The lowest BCUT2D eigenvalue weighted by Crippen LogP contribution is -1.90. The number of rotatable bonds is 3. The summed E-state index contributed by atoms with van der Waals surface area (Å²) in [6, 6.07) is 5.91. The summed E-state index contributed by atoms with van der Waals surface area (Å²) in [5.74, 6) is 0. The summed E-state index contributed by atoms with van der Waals surface area (Å²) in [4.78, 5) is 9.91. The molecule has 1 aromatic carbocycles. The molecular formula is C9H9BrO2. The number of benzene rings is 1. The highest BCUT2D eigenvalue weighted by molar-refractivity contribution is 9.10. The Morgan fingerprint density at radius 2 is 2.25 bits per heavy atom. The fourth-order valence-corrected chi connectivity index (χ4v) is 1.68. The maximum absolute atomic E-state index is 9.91.